The summed E-state index contributed by atoms with van der Waals surface area (Å²) in [5.41, 5.74) is 6.98. The number of nitrogens with zero attached hydrogens (tertiary/aromatic N) is 1. The van der Waals surface area contributed by atoms with E-state index >= 15 is 0 Å². The van der Waals surface area contributed by atoms with Gasteiger partial charge in [0.25, 0.3) is 5.91 Å². The van der Waals surface area contributed by atoms with Crippen LogP contribution in [0.4, 0.5) is 5.00 Å². The van der Waals surface area contributed by atoms with Crippen molar-refractivity contribution in [1.82, 2.24) is 4.90 Å². The molecule has 3 rings (SSSR count). The van der Waals surface area contributed by atoms with Crippen molar-refractivity contribution in [3.8, 4) is 0 Å². The lowest BCUT2D eigenvalue weighted by Gasteiger charge is -2.21. The number of carbonyl (C=O) groups excluding carboxylic acids is 3. The Morgan fingerprint density at radius 3 is 2.50 bits per heavy atom. The first-order valence-corrected chi connectivity index (χ1v) is 11.4. The van der Waals surface area contributed by atoms with Crippen LogP contribution in [0.1, 0.15) is 36.9 Å². The summed E-state index contributed by atoms with van der Waals surface area (Å²) < 4.78 is 15.6. The van der Waals surface area contributed by atoms with Gasteiger partial charge in [-0.25, -0.2) is 4.79 Å². The van der Waals surface area contributed by atoms with E-state index in [0.717, 1.165) is 16.9 Å². The average Bonchev–Trinajstić information content (AvgIpc) is 3.42. The molecule has 0 spiro atoms. The molecule has 0 unspecified atom stereocenters. The highest BCUT2D eigenvalue weighted by Crippen LogP contribution is 2.33. The number of methoxy groups -OCH3 is 1. The predicted octanol–water partition coefficient (Wildman–Crippen LogP) is 3.19. The summed E-state index contributed by atoms with van der Waals surface area (Å²) in [6, 6.07) is 13.4. The molecule has 1 aromatic carbocycles. The topological polar surface area (TPSA) is 124 Å². The van der Waals surface area contributed by atoms with Gasteiger partial charge in [0, 0.05) is 13.7 Å². The maximum Gasteiger partial charge on any atom is 0.341 e. The third-order valence-corrected chi connectivity index (χ3v) is 6.15. The van der Waals surface area contributed by atoms with Crippen molar-refractivity contribution in [3.63, 3.8) is 0 Å². The van der Waals surface area contributed by atoms with Crippen LogP contribution in [0.25, 0.3) is 0 Å². The highest BCUT2D eigenvalue weighted by Gasteiger charge is 2.26. The van der Waals surface area contributed by atoms with Crippen LogP contribution >= 0.6 is 11.3 Å². The van der Waals surface area contributed by atoms with E-state index in [4.69, 9.17) is 19.6 Å². The number of esters is 1. The lowest BCUT2D eigenvalue weighted by Crippen LogP contribution is -2.32. The number of furan rings is 1. The summed E-state index contributed by atoms with van der Waals surface area (Å²) in [7, 11) is 1.49. The van der Waals surface area contributed by atoms with E-state index in [9.17, 15) is 14.4 Å². The van der Waals surface area contributed by atoms with Gasteiger partial charge in [0.05, 0.1) is 36.4 Å². The van der Waals surface area contributed by atoms with Crippen LogP contribution in [0.3, 0.4) is 0 Å². The molecule has 0 fully saturated rings. The minimum Gasteiger partial charge on any atom is -0.468 e. The molecule has 0 bridgehead atoms. The zero-order chi connectivity index (χ0) is 24.5. The van der Waals surface area contributed by atoms with E-state index in [2.05, 4.69) is 5.32 Å². The maximum atomic E-state index is 13.0. The fourth-order valence-corrected chi connectivity index (χ4v) is 4.44. The molecule has 34 heavy (non-hydrogen) atoms. The molecule has 180 valence electrons. The van der Waals surface area contributed by atoms with E-state index in [1.165, 1.54) is 7.11 Å². The number of ether oxygens (including phenoxy) is 2. The number of thiophene rings is 1. The zero-order valence-electron chi connectivity index (χ0n) is 19.0. The summed E-state index contributed by atoms with van der Waals surface area (Å²) in [6.45, 7) is 2.81. The van der Waals surface area contributed by atoms with E-state index < -0.39 is 11.9 Å². The van der Waals surface area contributed by atoms with Crippen molar-refractivity contribution in [2.24, 2.45) is 5.73 Å². The Labute approximate surface area is 201 Å². The Morgan fingerprint density at radius 2 is 1.85 bits per heavy atom. The fourth-order valence-electron chi connectivity index (χ4n) is 3.37. The standard InChI is InChI=1S/C24H27N3O6S/c1-16-20(24(30)33-12-11-31-2)23(34-21(16)22(25)29)26-19(28)15-27(14-18-9-6-10-32-18)13-17-7-4-3-5-8-17/h3-10H,11-15H2,1-2H3,(H2,25,29)(H,26,28). The number of anilines is 1. The molecule has 2 aromatic heterocycles. The third-order valence-electron chi connectivity index (χ3n) is 4.92. The van der Waals surface area contributed by atoms with Gasteiger partial charge < -0.3 is 24.9 Å². The molecule has 10 heteroatoms. The van der Waals surface area contributed by atoms with Gasteiger partial charge in [-0.15, -0.1) is 11.3 Å². The lowest BCUT2D eigenvalue weighted by atomic mass is 10.1. The molecule has 3 aromatic rings. The van der Waals surface area contributed by atoms with Crippen molar-refractivity contribution in [1.29, 1.82) is 0 Å². The highest BCUT2D eigenvalue weighted by molar-refractivity contribution is 7.18. The van der Waals surface area contributed by atoms with E-state index in [0.29, 0.717) is 24.4 Å². The Bertz CT molecular complexity index is 1110. The second-order valence-electron chi connectivity index (χ2n) is 7.51. The van der Waals surface area contributed by atoms with Crippen LogP contribution in [0.15, 0.2) is 53.1 Å². The van der Waals surface area contributed by atoms with E-state index in [-0.39, 0.29) is 41.1 Å². The molecule has 2 amide bonds. The monoisotopic (exact) mass is 485 g/mol. The summed E-state index contributed by atoms with van der Waals surface area (Å²) in [6.07, 6.45) is 1.58. The number of benzene rings is 1. The fraction of sp³-hybridized carbons (Fsp3) is 0.292. The lowest BCUT2D eigenvalue weighted by molar-refractivity contribution is -0.117. The van der Waals surface area contributed by atoms with Crippen LogP contribution in [0.5, 0.6) is 0 Å². The molecule has 0 aliphatic carbocycles. The van der Waals surface area contributed by atoms with Crippen LogP contribution in [0.2, 0.25) is 0 Å². The number of nitrogens with one attached hydrogen (secondary N) is 1. The normalized spacial score (nSPS) is 10.9. The summed E-state index contributed by atoms with van der Waals surface area (Å²) in [5.74, 6) is -0.984. The number of nitrogens with two attached hydrogens (primary N) is 1. The predicted molar refractivity (Wildman–Crippen MR) is 128 cm³/mol. The third kappa shape index (κ3) is 6.77. The van der Waals surface area contributed by atoms with Gasteiger partial charge in [-0.05, 0) is 30.2 Å². The highest BCUT2D eigenvalue weighted by atomic mass is 32.1. The number of amides is 2. The minimum absolute atomic E-state index is 0.0244. The van der Waals surface area contributed by atoms with Crippen molar-refractivity contribution in [3.05, 3.63) is 76.1 Å². The van der Waals surface area contributed by atoms with Crippen LogP contribution in [0, 0.1) is 6.92 Å². The van der Waals surface area contributed by atoms with Crippen molar-refractivity contribution >= 4 is 34.1 Å². The first kappa shape index (κ1) is 25.2. The number of hydrogen-bond acceptors (Lipinski definition) is 8. The van der Waals surface area contributed by atoms with Gasteiger partial charge in [-0.2, -0.15) is 0 Å². The molecule has 0 atom stereocenters. The Kier molecular flexibility index (Phi) is 8.97. The molecule has 0 saturated heterocycles. The smallest absolute Gasteiger partial charge is 0.341 e. The number of rotatable bonds is 12. The van der Waals surface area contributed by atoms with E-state index in [1.807, 2.05) is 41.3 Å². The summed E-state index contributed by atoms with van der Waals surface area (Å²) >= 11 is 0.951. The first-order valence-electron chi connectivity index (χ1n) is 10.6. The van der Waals surface area contributed by atoms with Gasteiger partial charge in [-0.3, -0.25) is 14.5 Å². The van der Waals surface area contributed by atoms with Crippen molar-refractivity contribution in [2.45, 2.75) is 20.0 Å². The molecule has 3 N–H and O–H groups in total. The Morgan fingerprint density at radius 1 is 1.09 bits per heavy atom. The zero-order valence-corrected chi connectivity index (χ0v) is 19.9. The van der Waals surface area contributed by atoms with Crippen LogP contribution < -0.4 is 11.1 Å². The SMILES string of the molecule is COCCOC(=O)c1c(NC(=O)CN(Cc2ccccc2)Cc2ccco2)sc(C(N)=O)c1C. The molecule has 0 aliphatic heterocycles. The quantitative estimate of drug-likeness (QED) is 0.298. The number of carbonyl (C=O) groups is 3. The Balaban J connectivity index is 1.78. The second-order valence-corrected chi connectivity index (χ2v) is 8.53. The maximum absolute atomic E-state index is 13.0. The molecular weight excluding hydrogens is 458 g/mol. The molecular formula is C24H27N3O6S. The van der Waals surface area contributed by atoms with Gasteiger partial charge in [0.15, 0.2) is 0 Å². The Hall–Kier alpha value is -3.47. The van der Waals surface area contributed by atoms with Gasteiger partial charge in [0.1, 0.15) is 17.4 Å². The molecule has 2 heterocycles. The van der Waals surface area contributed by atoms with Gasteiger partial charge in [-0.1, -0.05) is 30.3 Å². The van der Waals surface area contributed by atoms with Gasteiger partial charge in [0.2, 0.25) is 5.91 Å². The molecule has 0 radical (unpaired) electrons. The first-order chi connectivity index (χ1) is 16.4. The largest absolute Gasteiger partial charge is 0.468 e. The van der Waals surface area contributed by atoms with Crippen LogP contribution in [-0.4, -0.2) is 49.6 Å². The second kappa shape index (κ2) is 12.1. The number of primary amides is 1. The van der Waals surface area contributed by atoms with E-state index in [1.54, 1.807) is 19.3 Å². The molecule has 9 nitrogen and oxygen atoms in total. The van der Waals surface area contributed by atoms with Crippen molar-refractivity contribution < 1.29 is 28.3 Å². The summed E-state index contributed by atoms with van der Waals surface area (Å²) in [4.78, 5) is 39.6. The van der Waals surface area contributed by atoms with Gasteiger partial charge >= 0.3 is 5.97 Å². The average molecular weight is 486 g/mol. The number of hydrogen-bond donors (Lipinski definition) is 2. The van der Waals surface area contributed by atoms with Crippen molar-refractivity contribution in [2.75, 3.05) is 32.2 Å². The molecule has 0 saturated carbocycles. The molecule has 0 aliphatic rings. The van der Waals surface area contributed by atoms with Crippen LogP contribution in [-0.2, 0) is 27.4 Å². The summed E-state index contributed by atoms with van der Waals surface area (Å²) in [5, 5.41) is 2.98. The minimum atomic E-state index is -0.683.